The molecule has 0 amide bonds. The molecule has 0 aliphatic heterocycles. The second-order valence-electron chi connectivity index (χ2n) is 12.0. The van der Waals surface area contributed by atoms with E-state index in [1.807, 2.05) is 0 Å². The topological polar surface area (TPSA) is 0 Å². The number of hydrogen-bond donors (Lipinski definition) is 0. The monoisotopic (exact) mass is 384 g/mol. The van der Waals surface area contributed by atoms with Crippen molar-refractivity contribution in [1.82, 2.24) is 0 Å². The van der Waals surface area contributed by atoms with E-state index < -0.39 is 0 Å². The molecule has 3 aliphatic carbocycles. The number of rotatable bonds is 2. The van der Waals surface area contributed by atoms with Gasteiger partial charge < -0.3 is 0 Å². The standard InChI is InChI=1S/C28H48/c1-13(2)14(3)24-19(8)22(11)28-26(23(24)12)21(10)20(9)25-17(6)15(4)16(5)18(7)27(25)28/h13-18,20-21,23-28H,8,11H2,1-7,9-10,12H3. The van der Waals surface area contributed by atoms with Crippen molar-refractivity contribution in [2.45, 2.75) is 69.2 Å². The van der Waals surface area contributed by atoms with E-state index in [1.54, 1.807) is 0 Å². The molecule has 0 saturated heterocycles. The highest BCUT2D eigenvalue weighted by Crippen LogP contribution is 2.65. The maximum absolute atomic E-state index is 4.76. The molecule has 13 unspecified atom stereocenters. The first kappa shape index (κ1) is 22.2. The minimum Gasteiger partial charge on any atom is -0.0953 e. The summed E-state index contributed by atoms with van der Waals surface area (Å²) in [5.41, 5.74) is 2.84. The number of allylic oxidation sites excluding steroid dienone is 2. The summed E-state index contributed by atoms with van der Waals surface area (Å²) in [5.74, 6) is 10.6. The highest BCUT2D eigenvalue weighted by atomic mass is 14.6. The van der Waals surface area contributed by atoms with E-state index in [-0.39, 0.29) is 0 Å². The zero-order chi connectivity index (χ0) is 21.2. The Morgan fingerprint density at radius 3 is 1.46 bits per heavy atom. The van der Waals surface area contributed by atoms with Crippen LogP contribution < -0.4 is 0 Å². The van der Waals surface area contributed by atoms with Gasteiger partial charge in [0.25, 0.3) is 0 Å². The molecule has 0 aromatic carbocycles. The normalized spacial score (nSPS) is 53.0. The lowest BCUT2D eigenvalue weighted by Gasteiger charge is -2.64. The Kier molecular flexibility index (Phi) is 6.04. The summed E-state index contributed by atoms with van der Waals surface area (Å²) in [4.78, 5) is 0. The highest BCUT2D eigenvalue weighted by molar-refractivity contribution is 5.37. The van der Waals surface area contributed by atoms with Crippen LogP contribution in [0.15, 0.2) is 24.3 Å². The summed E-state index contributed by atoms with van der Waals surface area (Å²) in [7, 11) is 0. The summed E-state index contributed by atoms with van der Waals surface area (Å²) in [6.07, 6.45) is 0. The van der Waals surface area contributed by atoms with Gasteiger partial charge in [0.05, 0.1) is 0 Å². The fourth-order valence-electron chi connectivity index (χ4n) is 8.51. The van der Waals surface area contributed by atoms with Crippen molar-refractivity contribution in [3.63, 3.8) is 0 Å². The van der Waals surface area contributed by atoms with Gasteiger partial charge in [-0.25, -0.2) is 0 Å². The first-order chi connectivity index (χ1) is 12.9. The molecule has 3 fully saturated rings. The molecule has 0 N–H and O–H groups in total. The third-order valence-corrected chi connectivity index (χ3v) is 11.0. The fraction of sp³-hybridized carbons (Fsp3) is 0.857. The van der Waals surface area contributed by atoms with E-state index in [9.17, 15) is 0 Å². The van der Waals surface area contributed by atoms with Gasteiger partial charge in [-0.2, -0.15) is 0 Å². The van der Waals surface area contributed by atoms with Gasteiger partial charge in [-0.1, -0.05) is 82.4 Å². The molecule has 0 aromatic rings. The van der Waals surface area contributed by atoms with Gasteiger partial charge in [-0.15, -0.1) is 0 Å². The molecule has 3 saturated carbocycles. The molecule has 28 heavy (non-hydrogen) atoms. The van der Waals surface area contributed by atoms with Crippen molar-refractivity contribution in [2.75, 3.05) is 0 Å². The summed E-state index contributed by atoms with van der Waals surface area (Å²) >= 11 is 0. The summed E-state index contributed by atoms with van der Waals surface area (Å²) in [6.45, 7) is 34.6. The lowest BCUT2D eigenvalue weighted by Crippen LogP contribution is -2.59. The van der Waals surface area contributed by atoms with Crippen LogP contribution in [0.4, 0.5) is 0 Å². The maximum Gasteiger partial charge on any atom is -0.00976 e. The summed E-state index contributed by atoms with van der Waals surface area (Å²) in [6, 6.07) is 0. The first-order valence-corrected chi connectivity index (χ1v) is 12.3. The van der Waals surface area contributed by atoms with Crippen molar-refractivity contribution >= 4 is 0 Å². The van der Waals surface area contributed by atoms with E-state index in [0.29, 0.717) is 23.7 Å². The Morgan fingerprint density at radius 2 is 0.964 bits per heavy atom. The average molecular weight is 385 g/mol. The second-order valence-corrected chi connectivity index (χ2v) is 12.0. The SMILES string of the molecule is C=C1C(=C)C2C(C(C)C(C)C3C(C)C(C)C(C)C(C)C23)C(C)C1C(C)C(C)C. The Morgan fingerprint density at radius 1 is 0.536 bits per heavy atom. The van der Waals surface area contributed by atoms with Crippen LogP contribution in [0.25, 0.3) is 0 Å². The summed E-state index contributed by atoms with van der Waals surface area (Å²) < 4.78 is 0. The van der Waals surface area contributed by atoms with E-state index in [1.165, 1.54) is 11.1 Å². The van der Waals surface area contributed by atoms with Gasteiger partial charge >= 0.3 is 0 Å². The average Bonchev–Trinajstić information content (AvgIpc) is 2.64. The van der Waals surface area contributed by atoms with Crippen LogP contribution in [0.5, 0.6) is 0 Å². The smallest absolute Gasteiger partial charge is 0.00976 e. The van der Waals surface area contributed by atoms with Crippen LogP contribution in [-0.4, -0.2) is 0 Å². The molecular formula is C28H48. The molecule has 0 heterocycles. The van der Waals surface area contributed by atoms with Crippen molar-refractivity contribution in [3.8, 4) is 0 Å². The molecule has 3 rings (SSSR count). The molecule has 0 heteroatoms. The number of fused-ring (bicyclic) bond motifs is 3. The Bertz CT molecular complexity index is 612. The fourth-order valence-corrected chi connectivity index (χ4v) is 8.51. The lowest BCUT2D eigenvalue weighted by molar-refractivity contribution is -0.128. The van der Waals surface area contributed by atoms with Gasteiger partial charge in [-0.05, 0) is 94.0 Å². The lowest BCUT2D eigenvalue weighted by atomic mass is 9.41. The molecule has 0 bridgehead atoms. The Balaban J connectivity index is 2.07. The zero-order valence-electron chi connectivity index (χ0n) is 20.5. The van der Waals surface area contributed by atoms with Crippen LogP contribution in [-0.2, 0) is 0 Å². The molecule has 0 aromatic heterocycles. The predicted octanol–water partition coefficient (Wildman–Crippen LogP) is 7.97. The van der Waals surface area contributed by atoms with Gasteiger partial charge in [-0.3, -0.25) is 0 Å². The highest BCUT2D eigenvalue weighted by Gasteiger charge is 2.59. The van der Waals surface area contributed by atoms with E-state index in [2.05, 4.69) is 75.8 Å². The van der Waals surface area contributed by atoms with E-state index in [4.69, 9.17) is 6.58 Å². The van der Waals surface area contributed by atoms with Gasteiger partial charge in [0.2, 0.25) is 0 Å². The molecule has 13 atom stereocenters. The molecule has 3 aliphatic rings. The number of hydrogen-bond acceptors (Lipinski definition) is 0. The third-order valence-electron chi connectivity index (χ3n) is 11.0. The summed E-state index contributed by atoms with van der Waals surface area (Å²) in [5, 5.41) is 0. The molecular weight excluding hydrogens is 336 g/mol. The van der Waals surface area contributed by atoms with Crippen LogP contribution >= 0.6 is 0 Å². The van der Waals surface area contributed by atoms with Gasteiger partial charge in [0.1, 0.15) is 0 Å². The van der Waals surface area contributed by atoms with Crippen LogP contribution in [0.1, 0.15) is 69.2 Å². The minimum absolute atomic E-state index is 0.604. The molecule has 0 radical (unpaired) electrons. The van der Waals surface area contributed by atoms with Crippen molar-refractivity contribution in [3.05, 3.63) is 24.3 Å². The molecule has 0 spiro atoms. The van der Waals surface area contributed by atoms with Gasteiger partial charge in [0, 0.05) is 0 Å². The molecule has 0 nitrogen and oxygen atoms in total. The Labute approximate surface area is 176 Å². The van der Waals surface area contributed by atoms with Gasteiger partial charge in [0.15, 0.2) is 0 Å². The minimum atomic E-state index is 0.604. The van der Waals surface area contributed by atoms with E-state index in [0.717, 1.165) is 59.2 Å². The van der Waals surface area contributed by atoms with Crippen molar-refractivity contribution < 1.29 is 0 Å². The van der Waals surface area contributed by atoms with Crippen LogP contribution in [0.2, 0.25) is 0 Å². The second kappa shape index (κ2) is 7.63. The van der Waals surface area contributed by atoms with Crippen LogP contribution in [0, 0.1) is 82.9 Å². The Hall–Kier alpha value is -0.520. The maximum atomic E-state index is 4.76. The van der Waals surface area contributed by atoms with Crippen molar-refractivity contribution in [1.29, 1.82) is 0 Å². The largest absolute Gasteiger partial charge is 0.0953 e. The van der Waals surface area contributed by atoms with E-state index >= 15 is 0 Å². The molecule has 160 valence electrons. The predicted molar refractivity (Wildman–Crippen MR) is 124 cm³/mol. The zero-order valence-corrected chi connectivity index (χ0v) is 20.5. The van der Waals surface area contributed by atoms with Crippen LogP contribution in [0.3, 0.4) is 0 Å². The third kappa shape index (κ3) is 2.99. The first-order valence-electron chi connectivity index (χ1n) is 12.3. The van der Waals surface area contributed by atoms with Crippen molar-refractivity contribution in [2.24, 2.45) is 82.9 Å². The quantitative estimate of drug-likeness (QED) is 0.453.